The van der Waals surface area contributed by atoms with Gasteiger partial charge >= 0.3 is 0 Å². The lowest BCUT2D eigenvalue weighted by molar-refractivity contribution is -0.384. The third-order valence-corrected chi connectivity index (χ3v) is 6.05. The van der Waals surface area contributed by atoms with E-state index in [-0.39, 0.29) is 24.2 Å². The smallest absolute Gasteiger partial charge is 0.269 e. The average molecular weight is 446 g/mol. The van der Waals surface area contributed by atoms with Crippen molar-refractivity contribution >= 4 is 34.5 Å². The number of aryl methyl sites for hydroxylation is 1. The molecule has 0 radical (unpaired) electrons. The summed E-state index contributed by atoms with van der Waals surface area (Å²) in [4.78, 5) is 30.1. The average Bonchev–Trinajstić information content (AvgIpc) is 3.12. The second-order valence-electron chi connectivity index (χ2n) is 6.71. The second-order valence-corrected chi connectivity index (χ2v) is 8.23. The number of nitrogens with zero attached hydrogens (tertiary/aromatic N) is 3. The van der Waals surface area contributed by atoms with Gasteiger partial charge in [0.1, 0.15) is 22.2 Å². The molecule has 1 amide bonds. The van der Waals surface area contributed by atoms with Gasteiger partial charge in [-0.05, 0) is 43.7 Å². The molecule has 9 heteroatoms. The van der Waals surface area contributed by atoms with Gasteiger partial charge in [-0.15, -0.1) is 11.3 Å². The van der Waals surface area contributed by atoms with Crippen molar-refractivity contribution in [2.45, 2.75) is 26.5 Å². The minimum Gasteiger partial charge on any atom is -0.486 e. The van der Waals surface area contributed by atoms with E-state index < -0.39 is 4.92 Å². The Labute approximate surface area is 183 Å². The van der Waals surface area contributed by atoms with E-state index in [1.54, 1.807) is 55.3 Å². The molecule has 0 N–H and O–H groups in total. The van der Waals surface area contributed by atoms with E-state index >= 15 is 0 Å². The van der Waals surface area contributed by atoms with Crippen molar-refractivity contribution in [3.8, 4) is 5.75 Å². The number of carbonyl (C=O) groups excluding carboxylic acids is 1. The first-order valence-electron chi connectivity index (χ1n) is 9.12. The van der Waals surface area contributed by atoms with E-state index in [9.17, 15) is 14.9 Å². The van der Waals surface area contributed by atoms with Gasteiger partial charge in [0.05, 0.1) is 16.7 Å². The van der Waals surface area contributed by atoms with Crippen molar-refractivity contribution in [2.24, 2.45) is 0 Å². The summed E-state index contributed by atoms with van der Waals surface area (Å²) in [6.07, 6.45) is 0. The lowest BCUT2D eigenvalue weighted by atomic mass is 10.1. The summed E-state index contributed by atoms with van der Waals surface area (Å²) in [5, 5.41) is 12.3. The first-order chi connectivity index (χ1) is 14.3. The third kappa shape index (κ3) is 4.95. The fraction of sp³-hybridized carbons (Fsp3) is 0.238. The van der Waals surface area contributed by atoms with E-state index in [4.69, 9.17) is 16.3 Å². The fourth-order valence-electron chi connectivity index (χ4n) is 2.85. The molecule has 156 valence electrons. The van der Waals surface area contributed by atoms with Crippen LogP contribution >= 0.6 is 22.9 Å². The Morgan fingerprint density at radius 2 is 2.00 bits per heavy atom. The number of aromatic nitrogens is 1. The maximum atomic E-state index is 13.0. The van der Waals surface area contributed by atoms with Gasteiger partial charge < -0.3 is 9.64 Å². The number of hydrogen-bond acceptors (Lipinski definition) is 6. The number of non-ortho nitro benzene ring substituents is 1. The molecule has 0 saturated heterocycles. The summed E-state index contributed by atoms with van der Waals surface area (Å²) < 4.78 is 5.71. The first kappa shape index (κ1) is 21.7. The predicted molar refractivity (Wildman–Crippen MR) is 116 cm³/mol. The fourth-order valence-corrected chi connectivity index (χ4v) is 3.93. The molecule has 7 nitrogen and oxygen atoms in total. The Balaban J connectivity index is 1.72. The van der Waals surface area contributed by atoms with Gasteiger partial charge in [0, 0.05) is 24.2 Å². The topological polar surface area (TPSA) is 85.6 Å². The summed E-state index contributed by atoms with van der Waals surface area (Å²) in [6.45, 7) is 3.85. The van der Waals surface area contributed by atoms with Crippen molar-refractivity contribution in [3.63, 3.8) is 0 Å². The van der Waals surface area contributed by atoms with Gasteiger partial charge in [0.15, 0.2) is 0 Å². The third-order valence-electron chi connectivity index (χ3n) is 4.68. The van der Waals surface area contributed by atoms with Gasteiger partial charge in [0.25, 0.3) is 11.6 Å². The van der Waals surface area contributed by atoms with Crippen LogP contribution in [0.3, 0.4) is 0 Å². The number of benzene rings is 2. The zero-order valence-corrected chi connectivity index (χ0v) is 18.2. The van der Waals surface area contributed by atoms with Crippen LogP contribution in [0, 0.1) is 17.0 Å². The van der Waals surface area contributed by atoms with Crippen LogP contribution in [-0.2, 0) is 6.61 Å². The largest absolute Gasteiger partial charge is 0.486 e. The number of amides is 1. The Morgan fingerprint density at radius 3 is 2.67 bits per heavy atom. The normalized spacial score (nSPS) is 11.7. The number of halogens is 1. The van der Waals surface area contributed by atoms with Crippen LogP contribution in [0.2, 0.25) is 5.02 Å². The van der Waals surface area contributed by atoms with Crippen LogP contribution in [-0.4, -0.2) is 27.8 Å². The maximum Gasteiger partial charge on any atom is 0.269 e. The molecule has 0 saturated carbocycles. The first-order valence-corrected chi connectivity index (χ1v) is 10.3. The van der Waals surface area contributed by atoms with Crippen LogP contribution in [0.1, 0.15) is 38.9 Å². The highest BCUT2D eigenvalue weighted by molar-refractivity contribution is 7.13. The van der Waals surface area contributed by atoms with E-state index in [1.807, 2.05) is 6.92 Å². The van der Waals surface area contributed by atoms with Crippen LogP contribution < -0.4 is 4.74 Å². The molecule has 0 fully saturated rings. The highest BCUT2D eigenvalue weighted by atomic mass is 35.5. The second kappa shape index (κ2) is 9.23. The maximum absolute atomic E-state index is 13.0. The van der Waals surface area contributed by atoms with Crippen molar-refractivity contribution in [1.82, 2.24) is 9.88 Å². The van der Waals surface area contributed by atoms with Crippen LogP contribution in [0.15, 0.2) is 48.5 Å². The summed E-state index contributed by atoms with van der Waals surface area (Å²) in [6, 6.07) is 13.0. The molecule has 3 rings (SSSR count). The molecule has 0 spiro atoms. The molecular weight excluding hydrogens is 426 g/mol. The number of carbonyl (C=O) groups is 1. The molecule has 0 aliphatic rings. The van der Waals surface area contributed by atoms with E-state index in [2.05, 4.69) is 4.98 Å². The number of nitro groups is 1. The van der Waals surface area contributed by atoms with Crippen molar-refractivity contribution < 1.29 is 14.5 Å². The van der Waals surface area contributed by atoms with Gasteiger partial charge in [-0.3, -0.25) is 14.9 Å². The number of thiazole rings is 1. The quantitative estimate of drug-likeness (QED) is 0.357. The molecule has 0 aliphatic heterocycles. The van der Waals surface area contributed by atoms with Crippen molar-refractivity contribution in [2.75, 3.05) is 7.05 Å². The Hall–Kier alpha value is -2.97. The SMILES string of the molecule is Cc1nc(COc2ccc(Cl)cc2)sc1C(=O)N(C)[C@@H](C)c1cccc([N+](=O)[O-])c1. The number of ether oxygens (including phenoxy) is 1. The highest BCUT2D eigenvalue weighted by Gasteiger charge is 2.24. The Morgan fingerprint density at radius 1 is 1.30 bits per heavy atom. The summed E-state index contributed by atoms with van der Waals surface area (Å²) in [5.74, 6) is 0.471. The van der Waals surface area contributed by atoms with E-state index in [1.165, 1.54) is 23.5 Å². The number of rotatable bonds is 7. The van der Waals surface area contributed by atoms with Crippen LogP contribution in [0.5, 0.6) is 5.75 Å². The van der Waals surface area contributed by atoms with Crippen molar-refractivity contribution in [1.29, 1.82) is 0 Å². The minimum absolute atomic E-state index is 0.00388. The molecule has 1 aromatic heterocycles. The Bertz CT molecular complexity index is 1070. The summed E-state index contributed by atoms with van der Waals surface area (Å²) in [7, 11) is 1.68. The molecular formula is C21H20ClN3O4S. The zero-order chi connectivity index (χ0) is 21.8. The molecule has 1 atom stereocenters. The molecule has 0 aliphatic carbocycles. The van der Waals surface area contributed by atoms with Gasteiger partial charge in [-0.1, -0.05) is 23.7 Å². The van der Waals surface area contributed by atoms with Crippen LogP contribution in [0.25, 0.3) is 0 Å². The lowest BCUT2D eigenvalue weighted by Gasteiger charge is -2.25. The number of nitro benzene ring substituents is 1. The molecule has 0 unspecified atom stereocenters. The zero-order valence-electron chi connectivity index (χ0n) is 16.7. The molecule has 2 aromatic carbocycles. The van der Waals surface area contributed by atoms with E-state index in [0.717, 1.165) is 0 Å². The van der Waals surface area contributed by atoms with Gasteiger partial charge in [-0.25, -0.2) is 4.98 Å². The summed E-state index contributed by atoms with van der Waals surface area (Å²) in [5.41, 5.74) is 1.31. The molecule has 0 bridgehead atoms. The van der Waals surface area contributed by atoms with Gasteiger partial charge in [0.2, 0.25) is 0 Å². The summed E-state index contributed by atoms with van der Waals surface area (Å²) >= 11 is 7.15. The molecule has 30 heavy (non-hydrogen) atoms. The van der Waals surface area contributed by atoms with E-state index in [0.29, 0.717) is 31.9 Å². The Kier molecular flexibility index (Phi) is 6.69. The molecule has 1 heterocycles. The number of hydrogen-bond donors (Lipinski definition) is 0. The standard InChI is InChI=1S/C21H20ClN3O4S/c1-13-20(30-19(23-13)12-29-18-9-7-16(22)8-10-18)21(26)24(3)14(2)15-5-4-6-17(11-15)25(27)28/h4-11,14H,12H2,1-3H3/t14-/m0/s1. The highest BCUT2D eigenvalue weighted by Crippen LogP contribution is 2.27. The lowest BCUT2D eigenvalue weighted by Crippen LogP contribution is -2.29. The van der Waals surface area contributed by atoms with Gasteiger partial charge in [-0.2, -0.15) is 0 Å². The predicted octanol–water partition coefficient (Wildman–Crippen LogP) is 5.43. The monoisotopic (exact) mass is 445 g/mol. The molecule has 3 aromatic rings. The van der Waals surface area contributed by atoms with Crippen LogP contribution in [0.4, 0.5) is 5.69 Å². The van der Waals surface area contributed by atoms with Crippen molar-refractivity contribution in [3.05, 3.63) is 84.8 Å². The minimum atomic E-state index is -0.446.